The number of para-hydroxylation sites is 1. The second kappa shape index (κ2) is 10.3. The minimum atomic E-state index is -0.593. The van der Waals surface area contributed by atoms with E-state index in [4.69, 9.17) is 44.9 Å². The third-order valence-electron chi connectivity index (χ3n) is 5.03. The highest BCUT2D eigenvalue weighted by Crippen LogP contribution is 2.30. The Morgan fingerprint density at radius 2 is 1.79 bits per heavy atom. The molecule has 0 bridgehead atoms. The van der Waals surface area contributed by atoms with Gasteiger partial charge in [0.1, 0.15) is 23.7 Å². The maximum atomic E-state index is 13.3. The molecule has 3 aromatic carbocycles. The number of thiocarbonyl (C=S) groups is 1. The highest BCUT2D eigenvalue weighted by Gasteiger charge is 2.34. The summed E-state index contributed by atoms with van der Waals surface area (Å²) in [5.74, 6) is -0.184. The van der Waals surface area contributed by atoms with E-state index >= 15 is 0 Å². The van der Waals surface area contributed by atoms with Crippen molar-refractivity contribution in [3.63, 3.8) is 0 Å². The van der Waals surface area contributed by atoms with E-state index in [1.165, 1.54) is 18.1 Å². The van der Waals surface area contributed by atoms with E-state index in [0.29, 0.717) is 32.8 Å². The number of halogens is 2. The Hall–Kier alpha value is -3.39. The van der Waals surface area contributed by atoms with Gasteiger partial charge in [-0.3, -0.25) is 19.8 Å². The number of hydrogen-bond donors (Lipinski definition) is 1. The first-order valence-electron chi connectivity index (χ1n) is 10.1. The fraction of sp³-hybridized carbons (Fsp3) is 0.0800. The molecule has 0 atom stereocenters. The summed E-state index contributed by atoms with van der Waals surface area (Å²) in [5, 5.41) is 3.57. The fourth-order valence-electron chi connectivity index (χ4n) is 3.30. The minimum Gasteiger partial charge on any atom is -0.497 e. The quantitative estimate of drug-likeness (QED) is 0.271. The molecule has 4 rings (SSSR count). The van der Waals surface area contributed by atoms with Gasteiger partial charge in [-0.25, -0.2) is 0 Å². The van der Waals surface area contributed by atoms with E-state index in [0.717, 1.165) is 5.56 Å². The van der Waals surface area contributed by atoms with Crippen LogP contribution in [0, 0.1) is 0 Å². The molecule has 0 saturated carbocycles. The van der Waals surface area contributed by atoms with Crippen LogP contribution in [0.3, 0.4) is 0 Å². The van der Waals surface area contributed by atoms with Crippen LogP contribution in [0.1, 0.15) is 11.1 Å². The Morgan fingerprint density at radius 1 is 1.03 bits per heavy atom. The average molecular weight is 513 g/mol. The van der Waals surface area contributed by atoms with Crippen LogP contribution >= 0.6 is 35.4 Å². The number of carbonyl (C=O) groups is 2. The van der Waals surface area contributed by atoms with Gasteiger partial charge >= 0.3 is 0 Å². The summed E-state index contributed by atoms with van der Waals surface area (Å²) in [7, 11) is 1.53. The largest absolute Gasteiger partial charge is 0.497 e. The molecule has 1 N–H and O–H groups in total. The Labute approximate surface area is 211 Å². The van der Waals surface area contributed by atoms with Crippen molar-refractivity contribution < 1.29 is 19.1 Å². The zero-order chi connectivity index (χ0) is 24.2. The van der Waals surface area contributed by atoms with E-state index in [1.807, 2.05) is 6.07 Å². The highest BCUT2D eigenvalue weighted by atomic mass is 35.5. The van der Waals surface area contributed by atoms with Crippen molar-refractivity contribution in [2.24, 2.45) is 0 Å². The first-order chi connectivity index (χ1) is 16.4. The smallest absolute Gasteiger partial charge is 0.270 e. The van der Waals surface area contributed by atoms with Gasteiger partial charge in [0.15, 0.2) is 5.11 Å². The second-order valence-corrected chi connectivity index (χ2v) is 8.45. The van der Waals surface area contributed by atoms with Gasteiger partial charge in [0.05, 0.1) is 12.8 Å². The van der Waals surface area contributed by atoms with Crippen LogP contribution in [0.4, 0.5) is 5.69 Å². The molecule has 0 aliphatic carbocycles. The lowest BCUT2D eigenvalue weighted by Crippen LogP contribution is -2.54. The molecule has 0 unspecified atom stereocenters. The summed E-state index contributed by atoms with van der Waals surface area (Å²) in [5.41, 5.74) is 1.69. The van der Waals surface area contributed by atoms with Gasteiger partial charge in [-0.05, 0) is 54.7 Å². The zero-order valence-corrected chi connectivity index (χ0v) is 20.2. The van der Waals surface area contributed by atoms with Gasteiger partial charge < -0.3 is 9.47 Å². The van der Waals surface area contributed by atoms with Crippen LogP contribution in [-0.2, 0) is 16.2 Å². The topological polar surface area (TPSA) is 67.9 Å². The van der Waals surface area contributed by atoms with E-state index in [9.17, 15) is 9.59 Å². The van der Waals surface area contributed by atoms with Crippen LogP contribution in [0.5, 0.6) is 11.5 Å². The number of methoxy groups -OCH3 is 1. The predicted octanol–water partition coefficient (Wildman–Crippen LogP) is 5.41. The number of benzene rings is 3. The standard InChI is InChI=1S/C25H18Cl2N2O4S/c1-32-19-10-8-15(22(13-19)33-14-16-7-9-17(26)12-21(16)27)11-20-23(30)28-25(34)29(24(20)31)18-5-3-2-4-6-18/h2-13H,14H2,1H3,(H,28,30,34)/b20-11-. The molecule has 0 spiro atoms. The SMILES string of the molecule is COc1ccc(/C=C2/C(=O)NC(=S)N(c3ccccc3)C2=O)c(OCc2ccc(Cl)cc2Cl)c1. The molecule has 2 amide bonds. The van der Waals surface area contributed by atoms with Crippen LogP contribution in [0.2, 0.25) is 10.0 Å². The maximum Gasteiger partial charge on any atom is 0.270 e. The molecule has 172 valence electrons. The van der Waals surface area contributed by atoms with Crippen molar-refractivity contribution in [3.8, 4) is 11.5 Å². The van der Waals surface area contributed by atoms with Gasteiger partial charge in [0.25, 0.3) is 11.8 Å². The Kier molecular flexibility index (Phi) is 7.17. The summed E-state index contributed by atoms with van der Waals surface area (Å²) in [4.78, 5) is 27.2. The van der Waals surface area contributed by atoms with Gasteiger partial charge in [0, 0.05) is 27.2 Å². The molecule has 1 aliphatic heterocycles. The lowest BCUT2D eigenvalue weighted by molar-refractivity contribution is -0.122. The maximum absolute atomic E-state index is 13.3. The number of nitrogens with zero attached hydrogens (tertiary/aromatic N) is 1. The molecular weight excluding hydrogens is 495 g/mol. The van der Waals surface area contributed by atoms with Crippen LogP contribution in [0.15, 0.2) is 72.3 Å². The molecular formula is C25H18Cl2N2O4S. The first kappa shape index (κ1) is 23.8. The van der Waals surface area contributed by atoms with Crippen molar-refractivity contribution in [1.29, 1.82) is 0 Å². The summed E-state index contributed by atoms with van der Waals surface area (Å²) >= 11 is 17.5. The van der Waals surface area contributed by atoms with Crippen LogP contribution in [0.25, 0.3) is 6.08 Å². The fourth-order valence-corrected chi connectivity index (χ4v) is 4.05. The van der Waals surface area contributed by atoms with E-state index in [1.54, 1.807) is 60.7 Å². The second-order valence-electron chi connectivity index (χ2n) is 7.22. The molecule has 6 nitrogen and oxygen atoms in total. The van der Waals surface area contributed by atoms with E-state index in [2.05, 4.69) is 5.32 Å². The van der Waals surface area contributed by atoms with Crippen molar-refractivity contribution in [3.05, 3.63) is 93.5 Å². The number of carbonyl (C=O) groups excluding carboxylic acids is 2. The molecule has 1 aliphatic rings. The van der Waals surface area contributed by atoms with Crippen LogP contribution in [-0.4, -0.2) is 24.0 Å². The van der Waals surface area contributed by atoms with Crippen molar-refractivity contribution >= 4 is 64.1 Å². The number of hydrogen-bond acceptors (Lipinski definition) is 5. The monoisotopic (exact) mass is 512 g/mol. The molecule has 0 radical (unpaired) electrons. The normalized spacial score (nSPS) is 14.9. The number of rotatable bonds is 6. The van der Waals surface area contributed by atoms with Gasteiger partial charge in [-0.1, -0.05) is 47.5 Å². The third-order valence-corrected chi connectivity index (χ3v) is 5.91. The number of ether oxygens (including phenoxy) is 2. The molecule has 1 saturated heterocycles. The molecule has 0 aromatic heterocycles. The number of anilines is 1. The number of nitrogens with one attached hydrogen (secondary N) is 1. The van der Waals surface area contributed by atoms with Gasteiger partial charge in [-0.15, -0.1) is 0 Å². The van der Waals surface area contributed by atoms with Gasteiger partial charge in [-0.2, -0.15) is 0 Å². The predicted molar refractivity (Wildman–Crippen MR) is 136 cm³/mol. The summed E-state index contributed by atoms with van der Waals surface area (Å²) in [6.45, 7) is 0.139. The molecule has 3 aromatic rings. The Bertz CT molecular complexity index is 1310. The summed E-state index contributed by atoms with van der Waals surface area (Å²) < 4.78 is 11.3. The molecule has 9 heteroatoms. The molecule has 34 heavy (non-hydrogen) atoms. The van der Waals surface area contributed by atoms with Gasteiger partial charge in [0.2, 0.25) is 0 Å². The third kappa shape index (κ3) is 5.07. The zero-order valence-electron chi connectivity index (χ0n) is 17.9. The van der Waals surface area contributed by atoms with Crippen molar-refractivity contribution in [2.75, 3.05) is 12.0 Å². The average Bonchev–Trinajstić information content (AvgIpc) is 2.82. The van der Waals surface area contributed by atoms with Crippen molar-refractivity contribution in [2.45, 2.75) is 6.61 Å². The Balaban J connectivity index is 1.68. The summed E-state index contributed by atoms with van der Waals surface area (Å²) in [6.07, 6.45) is 1.47. The van der Waals surface area contributed by atoms with E-state index < -0.39 is 11.8 Å². The lowest BCUT2D eigenvalue weighted by Gasteiger charge is -2.29. The molecule has 1 heterocycles. The summed E-state index contributed by atoms with van der Waals surface area (Å²) in [6, 6.07) is 19.0. The first-order valence-corrected chi connectivity index (χ1v) is 11.2. The lowest BCUT2D eigenvalue weighted by atomic mass is 10.1. The van der Waals surface area contributed by atoms with E-state index in [-0.39, 0.29) is 17.3 Å². The number of amides is 2. The molecule has 1 fully saturated rings. The van der Waals surface area contributed by atoms with Crippen molar-refractivity contribution in [1.82, 2.24) is 5.32 Å². The minimum absolute atomic E-state index is 0.0157. The highest BCUT2D eigenvalue weighted by molar-refractivity contribution is 7.80. The Morgan fingerprint density at radius 3 is 2.50 bits per heavy atom. The van der Waals surface area contributed by atoms with Crippen LogP contribution < -0.4 is 19.7 Å².